The molecule has 7 heteroatoms. The second kappa shape index (κ2) is 8.75. The molecule has 0 aliphatic carbocycles. The summed E-state index contributed by atoms with van der Waals surface area (Å²) in [5.41, 5.74) is 3.01. The highest BCUT2D eigenvalue weighted by Crippen LogP contribution is 2.16. The fraction of sp³-hybridized carbons (Fsp3) is 0.0870. The number of aryl methyl sites for hydroxylation is 1. The number of aromatic nitrogens is 2. The summed E-state index contributed by atoms with van der Waals surface area (Å²) in [5, 5.41) is 7.57. The number of rotatable bonds is 6. The quantitative estimate of drug-likeness (QED) is 0.474. The molecule has 2 N–H and O–H groups in total. The van der Waals surface area contributed by atoms with Gasteiger partial charge in [-0.3, -0.25) is 9.59 Å². The first-order chi connectivity index (χ1) is 14.6. The SMILES string of the molecule is Cc1nccn1Cc1ccc(NC(=O)c2ccc(NC(=O)c3cccs3)cc2)cc1. The van der Waals surface area contributed by atoms with Crippen molar-refractivity contribution in [1.29, 1.82) is 0 Å². The highest BCUT2D eigenvalue weighted by atomic mass is 32.1. The Morgan fingerprint density at radius 1 is 0.933 bits per heavy atom. The van der Waals surface area contributed by atoms with Crippen LogP contribution >= 0.6 is 11.3 Å². The van der Waals surface area contributed by atoms with E-state index in [1.54, 1.807) is 36.5 Å². The Balaban J connectivity index is 1.35. The van der Waals surface area contributed by atoms with Gasteiger partial charge in [-0.2, -0.15) is 0 Å². The first kappa shape index (κ1) is 19.6. The van der Waals surface area contributed by atoms with Gasteiger partial charge in [-0.1, -0.05) is 18.2 Å². The van der Waals surface area contributed by atoms with Gasteiger partial charge in [0.05, 0.1) is 4.88 Å². The molecule has 0 aliphatic rings. The average Bonchev–Trinajstić information content (AvgIpc) is 3.42. The molecule has 0 fully saturated rings. The predicted octanol–water partition coefficient (Wildman–Crippen LogP) is 4.81. The Labute approximate surface area is 178 Å². The molecule has 2 amide bonds. The maximum atomic E-state index is 12.5. The van der Waals surface area contributed by atoms with E-state index in [0.29, 0.717) is 16.1 Å². The highest BCUT2D eigenvalue weighted by Gasteiger charge is 2.09. The van der Waals surface area contributed by atoms with E-state index < -0.39 is 0 Å². The second-order valence-electron chi connectivity index (χ2n) is 6.76. The monoisotopic (exact) mass is 416 g/mol. The Bertz CT molecular complexity index is 1150. The van der Waals surface area contributed by atoms with Crippen molar-refractivity contribution in [1.82, 2.24) is 9.55 Å². The topological polar surface area (TPSA) is 76.0 Å². The summed E-state index contributed by atoms with van der Waals surface area (Å²) < 4.78 is 2.06. The van der Waals surface area contributed by atoms with Crippen molar-refractivity contribution in [3.63, 3.8) is 0 Å². The Hall–Kier alpha value is -3.71. The van der Waals surface area contributed by atoms with Gasteiger partial charge in [0.2, 0.25) is 0 Å². The zero-order valence-electron chi connectivity index (χ0n) is 16.3. The Morgan fingerprint density at radius 3 is 2.20 bits per heavy atom. The number of hydrogen-bond donors (Lipinski definition) is 2. The third-order valence-corrected chi connectivity index (χ3v) is 5.51. The number of hydrogen-bond acceptors (Lipinski definition) is 4. The highest BCUT2D eigenvalue weighted by molar-refractivity contribution is 7.12. The van der Waals surface area contributed by atoms with Crippen LogP contribution in [0.1, 0.15) is 31.4 Å². The summed E-state index contributed by atoms with van der Waals surface area (Å²) in [6.07, 6.45) is 3.72. The fourth-order valence-corrected chi connectivity index (χ4v) is 3.59. The molecule has 2 aromatic heterocycles. The number of carbonyl (C=O) groups is 2. The fourth-order valence-electron chi connectivity index (χ4n) is 2.97. The number of anilines is 2. The molecule has 4 aromatic rings. The number of amides is 2. The van der Waals surface area contributed by atoms with Gasteiger partial charge in [0.25, 0.3) is 11.8 Å². The maximum Gasteiger partial charge on any atom is 0.265 e. The molecular formula is C23H20N4O2S. The third kappa shape index (κ3) is 4.64. The van der Waals surface area contributed by atoms with Crippen molar-refractivity contribution in [2.24, 2.45) is 0 Å². The van der Waals surface area contributed by atoms with Gasteiger partial charge in [0.1, 0.15) is 5.82 Å². The van der Waals surface area contributed by atoms with Crippen LogP contribution in [0.15, 0.2) is 78.4 Å². The molecule has 2 heterocycles. The first-order valence-electron chi connectivity index (χ1n) is 9.41. The van der Waals surface area contributed by atoms with Crippen molar-refractivity contribution >= 4 is 34.5 Å². The van der Waals surface area contributed by atoms with Crippen LogP contribution in [0.3, 0.4) is 0 Å². The lowest BCUT2D eigenvalue weighted by Crippen LogP contribution is -2.13. The van der Waals surface area contributed by atoms with Crippen molar-refractivity contribution < 1.29 is 9.59 Å². The van der Waals surface area contributed by atoms with Gasteiger partial charge in [0, 0.05) is 35.9 Å². The molecule has 0 saturated heterocycles. The number of nitrogens with one attached hydrogen (secondary N) is 2. The van der Waals surface area contributed by atoms with Crippen molar-refractivity contribution in [3.8, 4) is 0 Å². The molecule has 0 aliphatic heterocycles. The van der Waals surface area contributed by atoms with Gasteiger partial charge in [-0.15, -0.1) is 11.3 Å². The molecule has 0 spiro atoms. The van der Waals surface area contributed by atoms with Crippen LogP contribution in [-0.2, 0) is 6.54 Å². The molecule has 2 aromatic carbocycles. The molecule has 0 bridgehead atoms. The average molecular weight is 417 g/mol. The van der Waals surface area contributed by atoms with Gasteiger partial charge >= 0.3 is 0 Å². The minimum atomic E-state index is -0.204. The molecule has 6 nitrogen and oxygen atoms in total. The van der Waals surface area contributed by atoms with E-state index in [-0.39, 0.29) is 11.8 Å². The molecule has 0 atom stereocenters. The van der Waals surface area contributed by atoms with E-state index in [9.17, 15) is 9.59 Å². The van der Waals surface area contributed by atoms with Crippen molar-refractivity contribution in [2.75, 3.05) is 10.6 Å². The van der Waals surface area contributed by atoms with Crippen LogP contribution in [0.2, 0.25) is 0 Å². The Kier molecular flexibility index (Phi) is 5.72. The summed E-state index contributed by atoms with van der Waals surface area (Å²) in [4.78, 5) is 29.5. The predicted molar refractivity (Wildman–Crippen MR) is 119 cm³/mol. The number of imidazole rings is 1. The van der Waals surface area contributed by atoms with Gasteiger partial charge in [-0.05, 0) is 60.3 Å². The van der Waals surface area contributed by atoms with Crippen LogP contribution in [-0.4, -0.2) is 21.4 Å². The maximum absolute atomic E-state index is 12.5. The molecule has 4 rings (SSSR count). The molecule has 0 saturated carbocycles. The van der Waals surface area contributed by atoms with Crippen molar-refractivity contribution in [2.45, 2.75) is 13.5 Å². The summed E-state index contributed by atoms with van der Waals surface area (Å²) >= 11 is 1.38. The standard InChI is InChI=1S/C23H20N4O2S/c1-16-24-12-13-27(16)15-17-4-8-19(9-5-17)25-22(28)18-6-10-20(11-7-18)26-23(29)21-3-2-14-30-21/h2-14H,15H2,1H3,(H,25,28)(H,26,29). The molecule has 0 radical (unpaired) electrons. The summed E-state index contributed by atoms with van der Waals surface area (Å²) in [6, 6.07) is 18.2. The molecular weight excluding hydrogens is 396 g/mol. The zero-order valence-corrected chi connectivity index (χ0v) is 17.1. The van der Waals surface area contributed by atoms with Crippen LogP contribution < -0.4 is 10.6 Å². The molecule has 30 heavy (non-hydrogen) atoms. The van der Waals surface area contributed by atoms with E-state index >= 15 is 0 Å². The number of carbonyl (C=O) groups excluding carboxylic acids is 2. The molecule has 0 unspecified atom stereocenters. The number of benzene rings is 2. The van der Waals surface area contributed by atoms with Crippen LogP contribution in [0.4, 0.5) is 11.4 Å². The van der Waals surface area contributed by atoms with E-state index in [4.69, 9.17) is 0 Å². The Morgan fingerprint density at radius 2 is 1.60 bits per heavy atom. The van der Waals surface area contributed by atoms with E-state index in [1.807, 2.05) is 48.8 Å². The number of thiophene rings is 1. The zero-order chi connectivity index (χ0) is 20.9. The minimum absolute atomic E-state index is 0.159. The van der Waals surface area contributed by atoms with Gasteiger partial charge in [0.15, 0.2) is 0 Å². The number of nitrogens with zero attached hydrogens (tertiary/aromatic N) is 2. The van der Waals surface area contributed by atoms with Crippen LogP contribution in [0.25, 0.3) is 0 Å². The van der Waals surface area contributed by atoms with Gasteiger partial charge < -0.3 is 15.2 Å². The second-order valence-corrected chi connectivity index (χ2v) is 7.71. The van der Waals surface area contributed by atoms with Crippen LogP contribution in [0.5, 0.6) is 0 Å². The lowest BCUT2D eigenvalue weighted by Gasteiger charge is -2.09. The summed E-state index contributed by atoms with van der Waals surface area (Å²) in [6.45, 7) is 2.70. The van der Waals surface area contributed by atoms with E-state index in [0.717, 1.165) is 23.6 Å². The molecule has 150 valence electrons. The van der Waals surface area contributed by atoms with E-state index in [2.05, 4.69) is 20.2 Å². The van der Waals surface area contributed by atoms with Crippen molar-refractivity contribution in [3.05, 3.63) is 100 Å². The minimum Gasteiger partial charge on any atom is -0.331 e. The van der Waals surface area contributed by atoms with Gasteiger partial charge in [-0.25, -0.2) is 4.98 Å². The smallest absolute Gasteiger partial charge is 0.265 e. The first-order valence-corrected chi connectivity index (χ1v) is 10.3. The lowest BCUT2D eigenvalue weighted by atomic mass is 10.1. The summed E-state index contributed by atoms with van der Waals surface area (Å²) in [5.74, 6) is 0.597. The summed E-state index contributed by atoms with van der Waals surface area (Å²) in [7, 11) is 0. The van der Waals surface area contributed by atoms with E-state index in [1.165, 1.54) is 11.3 Å². The largest absolute Gasteiger partial charge is 0.331 e. The normalized spacial score (nSPS) is 10.6. The lowest BCUT2D eigenvalue weighted by molar-refractivity contribution is 0.102. The van der Waals surface area contributed by atoms with Crippen LogP contribution in [0, 0.1) is 6.92 Å². The third-order valence-electron chi connectivity index (χ3n) is 4.64.